The number of hydrogen-bond donors (Lipinski definition) is 2. The molecule has 164 valence electrons. The maximum atomic E-state index is 13.1. The largest absolute Gasteiger partial charge is 0.369 e. The van der Waals surface area contributed by atoms with Crippen LogP contribution in [0.15, 0.2) is 46.8 Å². The molecule has 1 aliphatic rings. The fraction of sp³-hybridized carbons (Fsp3) is 0.429. The third kappa shape index (κ3) is 6.83. The fourth-order valence-corrected chi connectivity index (χ4v) is 4.16. The fourth-order valence-electron chi connectivity index (χ4n) is 3.37. The van der Waals surface area contributed by atoms with Gasteiger partial charge in [-0.05, 0) is 48.6 Å². The molecule has 1 aliphatic heterocycles. The van der Waals surface area contributed by atoms with Gasteiger partial charge in [-0.1, -0.05) is 12.1 Å². The molecule has 0 bridgehead atoms. The van der Waals surface area contributed by atoms with E-state index in [1.54, 1.807) is 23.5 Å². The number of thiophene rings is 1. The van der Waals surface area contributed by atoms with E-state index in [0.717, 1.165) is 44.2 Å². The molecule has 1 atom stereocenters. The van der Waals surface area contributed by atoms with Crippen LogP contribution in [-0.2, 0) is 11.2 Å². The van der Waals surface area contributed by atoms with Crippen LogP contribution in [0.4, 0.5) is 9.39 Å². The smallest absolute Gasteiger partial charge is 0.222 e. The summed E-state index contributed by atoms with van der Waals surface area (Å²) in [5.74, 6) is -0.305. The van der Waals surface area contributed by atoms with Crippen molar-refractivity contribution in [2.45, 2.75) is 13.3 Å². The van der Waals surface area contributed by atoms with Gasteiger partial charge in [-0.25, -0.2) is 4.39 Å². The summed E-state index contributed by atoms with van der Waals surface area (Å²) in [6, 6.07) is 10.4. The molecule has 1 fully saturated rings. The molecular formula is C21H29FIN5OS. The molecule has 2 aromatic rings. The van der Waals surface area contributed by atoms with Crippen LogP contribution in [0.5, 0.6) is 0 Å². The Morgan fingerprint density at radius 3 is 2.50 bits per heavy atom. The first-order valence-electron chi connectivity index (χ1n) is 9.92. The molecule has 1 aromatic carbocycles. The number of nitrogens with two attached hydrogens (primary N) is 1. The molecule has 1 aromatic heterocycles. The summed E-state index contributed by atoms with van der Waals surface area (Å²) in [6.07, 6.45) is 0.449. The summed E-state index contributed by atoms with van der Waals surface area (Å²) >= 11 is 1.76. The number of guanidine groups is 1. The predicted octanol–water partition coefficient (Wildman–Crippen LogP) is 2.94. The monoisotopic (exact) mass is 545 g/mol. The number of hydrogen-bond acceptors (Lipinski definition) is 4. The number of benzene rings is 1. The molecule has 1 unspecified atom stereocenters. The van der Waals surface area contributed by atoms with Crippen LogP contribution < -0.4 is 16.0 Å². The second kappa shape index (κ2) is 12.1. The average Bonchev–Trinajstić information content (AvgIpc) is 3.26. The van der Waals surface area contributed by atoms with Gasteiger partial charge in [0.2, 0.25) is 5.91 Å². The summed E-state index contributed by atoms with van der Waals surface area (Å²) in [5, 5.41) is 6.71. The maximum Gasteiger partial charge on any atom is 0.222 e. The van der Waals surface area contributed by atoms with Crippen molar-refractivity contribution < 1.29 is 9.18 Å². The van der Waals surface area contributed by atoms with E-state index >= 15 is 0 Å². The molecule has 0 aliphatic carbocycles. The van der Waals surface area contributed by atoms with Gasteiger partial charge in [-0.3, -0.25) is 9.79 Å². The number of nitrogens with zero attached hydrogens (tertiary/aromatic N) is 3. The zero-order chi connectivity index (χ0) is 20.6. The zero-order valence-electron chi connectivity index (χ0n) is 17.1. The third-order valence-electron chi connectivity index (χ3n) is 4.99. The van der Waals surface area contributed by atoms with Gasteiger partial charge in [-0.2, -0.15) is 0 Å². The Morgan fingerprint density at radius 1 is 1.23 bits per heavy atom. The van der Waals surface area contributed by atoms with Crippen LogP contribution in [-0.4, -0.2) is 56.0 Å². The molecular weight excluding hydrogens is 516 g/mol. The summed E-state index contributed by atoms with van der Waals surface area (Å²) in [5.41, 5.74) is 6.48. The summed E-state index contributed by atoms with van der Waals surface area (Å²) < 4.78 is 13.1. The lowest BCUT2D eigenvalue weighted by Gasteiger charge is -2.37. The highest BCUT2D eigenvalue weighted by Gasteiger charge is 2.22. The Bertz CT molecular complexity index is 807. The topological polar surface area (TPSA) is 74.0 Å². The van der Waals surface area contributed by atoms with Crippen LogP contribution in [0.2, 0.25) is 0 Å². The number of piperazine rings is 1. The molecule has 3 rings (SSSR count). The summed E-state index contributed by atoms with van der Waals surface area (Å²) in [7, 11) is 0. The number of rotatable bonds is 7. The quantitative estimate of drug-likeness (QED) is 0.319. The first-order chi connectivity index (χ1) is 14.1. The first kappa shape index (κ1) is 24.4. The lowest BCUT2D eigenvalue weighted by atomic mass is 9.99. The Labute approximate surface area is 198 Å². The van der Waals surface area contributed by atoms with Gasteiger partial charge in [0.15, 0.2) is 5.96 Å². The number of amides is 1. The standard InChI is InChI=1S/C21H28FN5OS.HI/c1-2-24-21(27-11-9-26(10-12-27)19-4-3-13-29-19)25-15-17(20(23)28)14-16-5-7-18(22)8-6-16;/h3-8,13,17H,2,9-12,14-15H2,1H3,(H2,23,28)(H,24,25);1H. The van der Waals surface area contributed by atoms with Crippen molar-refractivity contribution >= 4 is 52.2 Å². The van der Waals surface area contributed by atoms with E-state index in [9.17, 15) is 9.18 Å². The zero-order valence-corrected chi connectivity index (χ0v) is 20.2. The highest BCUT2D eigenvalue weighted by Crippen LogP contribution is 2.22. The Hall–Kier alpha value is -1.88. The molecule has 0 saturated carbocycles. The van der Waals surface area contributed by atoms with E-state index in [-0.39, 0.29) is 29.8 Å². The molecule has 2 heterocycles. The molecule has 3 N–H and O–H groups in total. The highest BCUT2D eigenvalue weighted by molar-refractivity contribution is 14.0. The maximum absolute atomic E-state index is 13.1. The predicted molar refractivity (Wildman–Crippen MR) is 132 cm³/mol. The number of nitrogens with one attached hydrogen (secondary N) is 1. The number of carbonyl (C=O) groups excluding carboxylic acids is 1. The van der Waals surface area contributed by atoms with E-state index in [0.29, 0.717) is 13.0 Å². The van der Waals surface area contributed by atoms with Gasteiger partial charge >= 0.3 is 0 Å². The van der Waals surface area contributed by atoms with Crippen molar-refractivity contribution in [2.75, 3.05) is 44.2 Å². The van der Waals surface area contributed by atoms with E-state index in [2.05, 4.69) is 32.6 Å². The Morgan fingerprint density at radius 2 is 1.93 bits per heavy atom. The Balaban J connectivity index is 0.00000320. The van der Waals surface area contributed by atoms with Crippen molar-refractivity contribution in [1.29, 1.82) is 0 Å². The number of anilines is 1. The van der Waals surface area contributed by atoms with Crippen LogP contribution in [0.25, 0.3) is 0 Å². The SMILES string of the molecule is CCNC(=NCC(Cc1ccc(F)cc1)C(N)=O)N1CCN(c2cccs2)CC1.I. The molecule has 1 amide bonds. The first-order valence-corrected chi connectivity index (χ1v) is 10.8. The van der Waals surface area contributed by atoms with Gasteiger partial charge in [0, 0.05) is 32.7 Å². The molecule has 0 radical (unpaired) electrons. The van der Waals surface area contributed by atoms with E-state index in [1.165, 1.54) is 17.1 Å². The molecule has 9 heteroatoms. The van der Waals surface area contributed by atoms with Crippen LogP contribution in [0, 0.1) is 11.7 Å². The van der Waals surface area contributed by atoms with Gasteiger partial charge in [0.1, 0.15) is 5.82 Å². The Kier molecular flexibility index (Phi) is 9.83. The van der Waals surface area contributed by atoms with E-state index < -0.39 is 11.8 Å². The van der Waals surface area contributed by atoms with Crippen LogP contribution >= 0.6 is 35.3 Å². The molecule has 1 saturated heterocycles. The van der Waals surface area contributed by atoms with Gasteiger partial charge in [0.05, 0.1) is 17.5 Å². The van der Waals surface area contributed by atoms with Crippen molar-refractivity contribution in [2.24, 2.45) is 16.6 Å². The minimum absolute atomic E-state index is 0. The van der Waals surface area contributed by atoms with Gasteiger partial charge < -0.3 is 20.9 Å². The number of aliphatic imine (C=N–C) groups is 1. The van der Waals surface area contributed by atoms with E-state index in [4.69, 9.17) is 10.7 Å². The lowest BCUT2D eigenvalue weighted by Crippen LogP contribution is -2.52. The molecule has 30 heavy (non-hydrogen) atoms. The minimum atomic E-state index is -0.429. The lowest BCUT2D eigenvalue weighted by molar-refractivity contribution is -0.121. The van der Waals surface area contributed by atoms with Crippen LogP contribution in [0.1, 0.15) is 12.5 Å². The van der Waals surface area contributed by atoms with Gasteiger partial charge in [0.25, 0.3) is 0 Å². The summed E-state index contributed by atoms with van der Waals surface area (Å²) in [6.45, 7) is 6.68. The number of carbonyl (C=O) groups is 1. The number of primary amides is 1. The van der Waals surface area contributed by atoms with Crippen molar-refractivity contribution in [3.05, 3.63) is 53.2 Å². The highest BCUT2D eigenvalue weighted by atomic mass is 127. The van der Waals surface area contributed by atoms with Crippen molar-refractivity contribution in [3.63, 3.8) is 0 Å². The normalized spacial score (nSPS) is 15.5. The van der Waals surface area contributed by atoms with Crippen molar-refractivity contribution in [1.82, 2.24) is 10.2 Å². The number of halogens is 2. The second-order valence-electron chi connectivity index (χ2n) is 7.05. The molecule has 0 spiro atoms. The second-order valence-corrected chi connectivity index (χ2v) is 7.98. The third-order valence-corrected chi connectivity index (χ3v) is 5.92. The minimum Gasteiger partial charge on any atom is -0.369 e. The van der Waals surface area contributed by atoms with Crippen LogP contribution in [0.3, 0.4) is 0 Å². The van der Waals surface area contributed by atoms with Gasteiger partial charge in [-0.15, -0.1) is 35.3 Å². The average molecular weight is 545 g/mol. The van der Waals surface area contributed by atoms with E-state index in [1.807, 2.05) is 6.92 Å². The van der Waals surface area contributed by atoms with Crippen molar-refractivity contribution in [3.8, 4) is 0 Å². The summed E-state index contributed by atoms with van der Waals surface area (Å²) in [4.78, 5) is 21.2. The molecule has 6 nitrogen and oxygen atoms in total.